The quantitative estimate of drug-likeness (QED) is 0.278. The molecule has 4 rings (SSSR count). The van der Waals surface area contributed by atoms with Gasteiger partial charge in [-0.1, -0.05) is 30.3 Å². The number of halogens is 3. The molecular weight excluding hydrogens is 485 g/mol. The van der Waals surface area contributed by atoms with Crippen LogP contribution >= 0.6 is 0 Å². The van der Waals surface area contributed by atoms with E-state index in [1.165, 1.54) is 0 Å². The summed E-state index contributed by atoms with van der Waals surface area (Å²) in [5.41, 5.74) is 1.97. The van der Waals surface area contributed by atoms with Gasteiger partial charge in [-0.15, -0.1) is 0 Å². The Kier molecular flexibility index (Phi) is 8.25. The zero-order chi connectivity index (χ0) is 26.4. The Morgan fingerprint density at radius 3 is 2.38 bits per heavy atom. The van der Waals surface area contributed by atoms with Crippen molar-refractivity contribution in [2.45, 2.75) is 32.4 Å². The fourth-order valence-corrected chi connectivity index (χ4v) is 3.80. The van der Waals surface area contributed by atoms with Gasteiger partial charge in [0.05, 0.1) is 12.3 Å². The second kappa shape index (κ2) is 11.7. The Labute approximate surface area is 211 Å². The van der Waals surface area contributed by atoms with Crippen molar-refractivity contribution in [1.82, 2.24) is 10.3 Å². The van der Waals surface area contributed by atoms with Gasteiger partial charge in [0.2, 0.25) is 5.89 Å². The average Bonchev–Trinajstić information content (AvgIpc) is 3.24. The maximum absolute atomic E-state index is 13.9. The number of nitrogens with one attached hydrogen (secondary N) is 1. The number of hydrogen-bond donors (Lipinski definition) is 2. The Bertz CT molecular complexity index is 1330. The summed E-state index contributed by atoms with van der Waals surface area (Å²) >= 11 is 0. The molecule has 0 amide bonds. The molecule has 1 aromatic heterocycles. The maximum Gasteiger partial charge on any atom is 0.321 e. The van der Waals surface area contributed by atoms with Crippen LogP contribution in [0.1, 0.15) is 22.6 Å². The molecule has 0 unspecified atom stereocenters. The van der Waals surface area contributed by atoms with Crippen molar-refractivity contribution in [3.63, 3.8) is 0 Å². The predicted molar refractivity (Wildman–Crippen MR) is 131 cm³/mol. The lowest BCUT2D eigenvalue weighted by molar-refractivity contribution is -0.139. The third-order valence-electron chi connectivity index (χ3n) is 5.81. The van der Waals surface area contributed by atoms with E-state index in [4.69, 9.17) is 9.15 Å². The van der Waals surface area contributed by atoms with Crippen molar-refractivity contribution in [3.05, 3.63) is 107 Å². The van der Waals surface area contributed by atoms with E-state index in [1.54, 1.807) is 24.3 Å². The first-order valence-electron chi connectivity index (χ1n) is 11.6. The van der Waals surface area contributed by atoms with Crippen LogP contribution in [0, 0.1) is 24.4 Å². The van der Waals surface area contributed by atoms with Gasteiger partial charge in [0.1, 0.15) is 35.0 Å². The summed E-state index contributed by atoms with van der Waals surface area (Å²) in [5, 5.41) is 12.1. The van der Waals surface area contributed by atoms with Gasteiger partial charge < -0.3 is 14.3 Å². The Morgan fingerprint density at radius 1 is 1.05 bits per heavy atom. The fraction of sp³-hybridized carbons (Fsp3) is 0.214. The molecule has 0 fully saturated rings. The van der Waals surface area contributed by atoms with Crippen molar-refractivity contribution in [2.75, 3.05) is 6.61 Å². The number of benzene rings is 3. The highest BCUT2D eigenvalue weighted by Gasteiger charge is 2.20. The summed E-state index contributed by atoms with van der Waals surface area (Å²) in [6.45, 7) is 1.83. The number of aliphatic carboxylic acids is 1. The number of ether oxygens (including phenoxy) is 1. The fourth-order valence-electron chi connectivity index (χ4n) is 3.80. The van der Waals surface area contributed by atoms with Gasteiger partial charge in [0.25, 0.3) is 0 Å². The molecular formula is C28H25F3N2O4. The molecule has 0 spiro atoms. The first kappa shape index (κ1) is 26.0. The Balaban J connectivity index is 1.30. The van der Waals surface area contributed by atoms with Crippen LogP contribution in [0.4, 0.5) is 13.2 Å². The Hall–Kier alpha value is -4.11. The summed E-state index contributed by atoms with van der Waals surface area (Å²) in [4.78, 5) is 16.2. The van der Waals surface area contributed by atoms with E-state index in [2.05, 4.69) is 10.3 Å². The standard InChI is InChI=1S/C28H25F3N2O4/c1-17-25(33-27(37-17)19-5-3-2-4-6-19)11-12-36-21-9-7-18(8-10-21)13-26(28(34)35)32-16-22-23(30)14-20(29)15-24(22)31/h2-10,14-15,26,32H,11-13,16H2,1H3,(H,34,35)/t26-/m0/s1. The normalized spacial score (nSPS) is 11.9. The summed E-state index contributed by atoms with van der Waals surface area (Å²) in [7, 11) is 0. The largest absolute Gasteiger partial charge is 0.493 e. The average molecular weight is 511 g/mol. The number of oxazole rings is 1. The molecule has 2 N–H and O–H groups in total. The zero-order valence-electron chi connectivity index (χ0n) is 20.0. The van der Waals surface area contributed by atoms with Crippen LogP contribution in [0.25, 0.3) is 11.5 Å². The molecule has 9 heteroatoms. The number of carbonyl (C=O) groups is 1. The second-order valence-corrected chi connectivity index (χ2v) is 8.45. The minimum absolute atomic E-state index is 0.0699. The van der Waals surface area contributed by atoms with E-state index in [0.29, 0.717) is 42.4 Å². The molecule has 192 valence electrons. The van der Waals surface area contributed by atoms with E-state index in [9.17, 15) is 23.1 Å². The molecule has 0 saturated carbocycles. The highest BCUT2D eigenvalue weighted by molar-refractivity contribution is 5.74. The molecule has 6 nitrogen and oxygen atoms in total. The monoisotopic (exact) mass is 510 g/mol. The van der Waals surface area contributed by atoms with Gasteiger partial charge in [-0.2, -0.15) is 0 Å². The molecule has 0 saturated heterocycles. The van der Waals surface area contributed by atoms with E-state index in [0.717, 1.165) is 17.0 Å². The molecule has 0 aliphatic heterocycles. The van der Waals surface area contributed by atoms with Crippen molar-refractivity contribution < 1.29 is 32.2 Å². The molecule has 0 aliphatic rings. The van der Waals surface area contributed by atoms with Gasteiger partial charge in [-0.25, -0.2) is 18.2 Å². The summed E-state index contributed by atoms with van der Waals surface area (Å²) < 4.78 is 52.4. The van der Waals surface area contributed by atoms with Crippen LogP contribution in [0.15, 0.2) is 71.1 Å². The highest BCUT2D eigenvalue weighted by atomic mass is 19.1. The molecule has 37 heavy (non-hydrogen) atoms. The van der Waals surface area contributed by atoms with Crippen molar-refractivity contribution in [2.24, 2.45) is 0 Å². The van der Waals surface area contributed by atoms with Crippen LogP contribution < -0.4 is 10.1 Å². The minimum atomic E-state index is -1.18. The molecule has 0 radical (unpaired) electrons. The molecule has 1 heterocycles. The minimum Gasteiger partial charge on any atom is -0.493 e. The van der Waals surface area contributed by atoms with Crippen LogP contribution in [0.3, 0.4) is 0 Å². The van der Waals surface area contributed by atoms with E-state index in [-0.39, 0.29) is 6.42 Å². The number of carboxylic acid groups (broad SMARTS) is 1. The van der Waals surface area contributed by atoms with Crippen LogP contribution in [-0.4, -0.2) is 28.7 Å². The number of aromatic nitrogens is 1. The van der Waals surface area contributed by atoms with Crippen molar-refractivity contribution >= 4 is 5.97 Å². The van der Waals surface area contributed by atoms with Crippen molar-refractivity contribution in [1.29, 1.82) is 0 Å². The molecule has 3 aromatic carbocycles. The third-order valence-corrected chi connectivity index (χ3v) is 5.81. The van der Waals surface area contributed by atoms with Gasteiger partial charge in [-0.3, -0.25) is 10.1 Å². The third kappa shape index (κ3) is 6.77. The first-order chi connectivity index (χ1) is 17.8. The number of nitrogens with zero attached hydrogens (tertiary/aromatic N) is 1. The smallest absolute Gasteiger partial charge is 0.321 e. The summed E-state index contributed by atoms with van der Waals surface area (Å²) in [5.74, 6) is -2.48. The number of hydrogen-bond acceptors (Lipinski definition) is 5. The topological polar surface area (TPSA) is 84.6 Å². The van der Waals surface area contributed by atoms with E-state index in [1.807, 2.05) is 37.3 Å². The molecule has 0 bridgehead atoms. The first-order valence-corrected chi connectivity index (χ1v) is 11.6. The van der Waals surface area contributed by atoms with Gasteiger partial charge in [-0.05, 0) is 43.2 Å². The maximum atomic E-state index is 13.9. The Morgan fingerprint density at radius 2 is 1.73 bits per heavy atom. The molecule has 0 aliphatic carbocycles. The number of aryl methyl sites for hydroxylation is 1. The van der Waals surface area contributed by atoms with E-state index >= 15 is 0 Å². The zero-order valence-corrected chi connectivity index (χ0v) is 20.0. The van der Waals surface area contributed by atoms with Gasteiger partial charge in [0.15, 0.2) is 0 Å². The lowest BCUT2D eigenvalue weighted by atomic mass is 10.1. The number of rotatable bonds is 11. The predicted octanol–water partition coefficient (Wildman–Crippen LogP) is 5.47. The SMILES string of the molecule is Cc1oc(-c2ccccc2)nc1CCOc1ccc(C[C@H](NCc2c(F)cc(F)cc2F)C(=O)O)cc1. The van der Waals surface area contributed by atoms with Crippen LogP contribution in [-0.2, 0) is 24.2 Å². The summed E-state index contributed by atoms with van der Waals surface area (Å²) in [6, 6.07) is 16.5. The highest BCUT2D eigenvalue weighted by Crippen LogP contribution is 2.22. The summed E-state index contributed by atoms with van der Waals surface area (Å²) in [6.07, 6.45) is 0.617. The molecule has 4 aromatic rings. The second-order valence-electron chi connectivity index (χ2n) is 8.45. The lowest BCUT2D eigenvalue weighted by Crippen LogP contribution is -2.38. The van der Waals surface area contributed by atoms with Crippen molar-refractivity contribution in [3.8, 4) is 17.2 Å². The van der Waals surface area contributed by atoms with Crippen LogP contribution in [0.5, 0.6) is 5.75 Å². The van der Waals surface area contributed by atoms with E-state index < -0.39 is 41.6 Å². The number of carboxylic acids is 1. The molecule has 1 atom stereocenters. The lowest BCUT2D eigenvalue weighted by Gasteiger charge is -2.16. The van der Waals surface area contributed by atoms with Gasteiger partial charge >= 0.3 is 5.97 Å². The van der Waals surface area contributed by atoms with Gasteiger partial charge in [0, 0.05) is 36.2 Å². The van der Waals surface area contributed by atoms with Crippen LogP contribution in [0.2, 0.25) is 0 Å².